The van der Waals surface area contributed by atoms with Crippen LogP contribution in [-0.4, -0.2) is 61.6 Å². The molecule has 1 aliphatic heterocycles. The van der Waals surface area contributed by atoms with Gasteiger partial charge in [0.1, 0.15) is 11.9 Å². The van der Waals surface area contributed by atoms with E-state index in [-0.39, 0.29) is 6.10 Å². The SMILES string of the molecule is CN(C)CCC(Oc1ccc(C#CCCN2CCSCC2)cc1)c1ccc(C(F)(F)F)cc1. The summed E-state index contributed by atoms with van der Waals surface area (Å²) in [6, 6.07) is 12.8. The van der Waals surface area contributed by atoms with Gasteiger partial charge in [0, 0.05) is 56.1 Å². The molecule has 0 N–H and O–H groups in total. The van der Waals surface area contributed by atoms with E-state index in [9.17, 15) is 13.2 Å². The van der Waals surface area contributed by atoms with Crippen LogP contribution in [0.1, 0.15) is 35.6 Å². The Morgan fingerprint density at radius 1 is 1.03 bits per heavy atom. The second-order valence-corrected chi connectivity index (χ2v) is 9.57. The minimum absolute atomic E-state index is 0.339. The highest BCUT2D eigenvalue weighted by molar-refractivity contribution is 7.99. The van der Waals surface area contributed by atoms with Crippen LogP contribution in [0.2, 0.25) is 0 Å². The van der Waals surface area contributed by atoms with E-state index in [1.807, 2.05) is 55.0 Å². The fourth-order valence-corrected chi connectivity index (χ4v) is 4.52. The molecule has 7 heteroatoms. The van der Waals surface area contributed by atoms with E-state index in [1.54, 1.807) is 0 Å². The molecule has 0 radical (unpaired) electrons. The van der Waals surface area contributed by atoms with Crippen LogP contribution in [0, 0.1) is 11.8 Å². The minimum atomic E-state index is -4.35. The molecular formula is C26H31F3N2OS. The Bertz CT molecular complexity index is 912. The summed E-state index contributed by atoms with van der Waals surface area (Å²) < 4.78 is 44.9. The maximum absolute atomic E-state index is 12.9. The van der Waals surface area contributed by atoms with Crippen LogP contribution < -0.4 is 4.74 Å². The smallest absolute Gasteiger partial charge is 0.416 e. The van der Waals surface area contributed by atoms with Crippen LogP contribution in [0.25, 0.3) is 0 Å². The molecule has 1 atom stereocenters. The number of nitrogens with zero attached hydrogens (tertiary/aromatic N) is 2. The molecule has 33 heavy (non-hydrogen) atoms. The van der Waals surface area contributed by atoms with Crippen LogP contribution >= 0.6 is 11.8 Å². The van der Waals surface area contributed by atoms with E-state index < -0.39 is 11.7 Å². The Balaban J connectivity index is 1.60. The molecule has 1 fully saturated rings. The molecule has 0 saturated carbocycles. The fourth-order valence-electron chi connectivity index (χ4n) is 3.54. The molecule has 0 aliphatic carbocycles. The first-order chi connectivity index (χ1) is 15.8. The van der Waals surface area contributed by atoms with Crippen LogP contribution in [0.4, 0.5) is 13.2 Å². The van der Waals surface area contributed by atoms with Gasteiger partial charge in [0.2, 0.25) is 0 Å². The maximum atomic E-state index is 12.9. The zero-order valence-corrected chi connectivity index (χ0v) is 20.0. The molecule has 0 bridgehead atoms. The first kappa shape index (κ1) is 25.5. The third kappa shape index (κ3) is 8.62. The third-order valence-electron chi connectivity index (χ3n) is 5.47. The third-order valence-corrected chi connectivity index (χ3v) is 6.41. The monoisotopic (exact) mass is 476 g/mol. The molecule has 3 rings (SSSR count). The average molecular weight is 477 g/mol. The molecule has 1 aliphatic rings. The molecule has 1 saturated heterocycles. The molecular weight excluding hydrogens is 445 g/mol. The summed E-state index contributed by atoms with van der Waals surface area (Å²) in [6.07, 6.45) is -3.17. The Labute approximate surface area is 199 Å². The second kappa shape index (κ2) is 12.4. The molecule has 178 valence electrons. The number of halogens is 3. The lowest BCUT2D eigenvalue weighted by molar-refractivity contribution is -0.137. The molecule has 1 unspecified atom stereocenters. The van der Waals surface area contributed by atoms with Gasteiger partial charge in [0.15, 0.2) is 0 Å². The normalized spacial score (nSPS) is 15.7. The van der Waals surface area contributed by atoms with Crippen LogP contribution in [0.15, 0.2) is 48.5 Å². The van der Waals surface area contributed by atoms with Crippen molar-refractivity contribution in [2.75, 3.05) is 51.8 Å². The summed E-state index contributed by atoms with van der Waals surface area (Å²) in [6.45, 7) is 4.05. The van der Waals surface area contributed by atoms with Crippen molar-refractivity contribution in [2.45, 2.75) is 25.1 Å². The number of hydrogen-bond acceptors (Lipinski definition) is 4. The molecule has 2 aromatic carbocycles. The minimum Gasteiger partial charge on any atom is -0.486 e. The highest BCUT2D eigenvalue weighted by Gasteiger charge is 2.30. The van der Waals surface area contributed by atoms with Crippen molar-refractivity contribution in [3.63, 3.8) is 0 Å². The molecule has 1 heterocycles. The number of ether oxygens (including phenoxy) is 1. The highest BCUT2D eigenvalue weighted by atomic mass is 32.2. The Morgan fingerprint density at radius 2 is 1.70 bits per heavy atom. The molecule has 3 nitrogen and oxygen atoms in total. The maximum Gasteiger partial charge on any atom is 0.416 e. The van der Waals surface area contributed by atoms with Crippen molar-refractivity contribution in [3.05, 3.63) is 65.2 Å². The van der Waals surface area contributed by atoms with Gasteiger partial charge in [-0.2, -0.15) is 24.9 Å². The Hall–Kier alpha value is -2.14. The first-order valence-electron chi connectivity index (χ1n) is 11.2. The van der Waals surface area contributed by atoms with Crippen molar-refractivity contribution >= 4 is 11.8 Å². The Kier molecular flexibility index (Phi) is 9.54. The predicted octanol–water partition coefficient (Wildman–Crippen LogP) is 5.57. The molecule has 0 amide bonds. The van der Waals surface area contributed by atoms with Crippen molar-refractivity contribution in [1.29, 1.82) is 0 Å². The number of rotatable bonds is 8. The number of alkyl halides is 3. The van der Waals surface area contributed by atoms with Crippen molar-refractivity contribution in [3.8, 4) is 17.6 Å². The van der Waals surface area contributed by atoms with Crippen molar-refractivity contribution in [1.82, 2.24) is 9.80 Å². The van der Waals surface area contributed by atoms with E-state index >= 15 is 0 Å². The van der Waals surface area contributed by atoms with Crippen molar-refractivity contribution < 1.29 is 17.9 Å². The van der Waals surface area contributed by atoms with Gasteiger partial charge in [0.25, 0.3) is 0 Å². The summed E-state index contributed by atoms with van der Waals surface area (Å²) in [5.41, 5.74) is 1.00. The van der Waals surface area contributed by atoms with Gasteiger partial charge in [-0.15, -0.1) is 0 Å². The predicted molar refractivity (Wildman–Crippen MR) is 130 cm³/mol. The molecule has 0 aromatic heterocycles. The number of benzene rings is 2. The van der Waals surface area contributed by atoms with E-state index in [0.717, 1.165) is 55.9 Å². The summed E-state index contributed by atoms with van der Waals surface area (Å²) in [5.74, 6) is 9.54. The largest absolute Gasteiger partial charge is 0.486 e. The van der Waals surface area contributed by atoms with E-state index in [1.165, 1.54) is 23.6 Å². The fraction of sp³-hybridized carbons (Fsp3) is 0.462. The van der Waals surface area contributed by atoms with Gasteiger partial charge in [-0.3, -0.25) is 0 Å². The van der Waals surface area contributed by atoms with Gasteiger partial charge >= 0.3 is 6.18 Å². The lowest BCUT2D eigenvalue weighted by Gasteiger charge is -2.24. The summed E-state index contributed by atoms with van der Waals surface area (Å²) in [5, 5.41) is 0. The number of hydrogen-bond donors (Lipinski definition) is 0. The van der Waals surface area contributed by atoms with Crippen LogP contribution in [-0.2, 0) is 6.18 Å². The zero-order valence-electron chi connectivity index (χ0n) is 19.2. The average Bonchev–Trinajstić information content (AvgIpc) is 2.80. The summed E-state index contributed by atoms with van der Waals surface area (Å²) in [7, 11) is 3.92. The van der Waals surface area contributed by atoms with E-state index in [4.69, 9.17) is 4.74 Å². The Morgan fingerprint density at radius 3 is 2.30 bits per heavy atom. The highest BCUT2D eigenvalue weighted by Crippen LogP contribution is 2.31. The van der Waals surface area contributed by atoms with Gasteiger partial charge in [-0.1, -0.05) is 24.0 Å². The van der Waals surface area contributed by atoms with Gasteiger partial charge in [-0.05, 0) is 56.1 Å². The summed E-state index contributed by atoms with van der Waals surface area (Å²) >= 11 is 2.01. The molecule has 2 aromatic rings. The molecule has 0 spiro atoms. The lowest BCUT2D eigenvalue weighted by Crippen LogP contribution is -2.33. The quantitative estimate of drug-likeness (QED) is 0.463. The van der Waals surface area contributed by atoms with Crippen LogP contribution in [0.5, 0.6) is 5.75 Å². The topological polar surface area (TPSA) is 15.7 Å². The van der Waals surface area contributed by atoms with E-state index in [0.29, 0.717) is 12.2 Å². The van der Waals surface area contributed by atoms with Crippen molar-refractivity contribution in [2.24, 2.45) is 0 Å². The van der Waals surface area contributed by atoms with Gasteiger partial charge < -0.3 is 14.5 Å². The standard InChI is InChI=1S/C26H31F3N2OS/c1-30(2)16-14-25(22-8-10-23(11-9-22)26(27,28)29)32-24-12-6-21(7-13-24)5-3-4-15-31-17-19-33-20-18-31/h6-13,25H,4,14-20H2,1-2H3. The summed E-state index contributed by atoms with van der Waals surface area (Å²) in [4.78, 5) is 4.49. The number of thioether (sulfide) groups is 1. The first-order valence-corrected chi connectivity index (χ1v) is 12.3. The lowest BCUT2D eigenvalue weighted by atomic mass is 10.0. The van der Waals surface area contributed by atoms with Gasteiger partial charge in [0.05, 0.1) is 5.56 Å². The van der Waals surface area contributed by atoms with Gasteiger partial charge in [-0.25, -0.2) is 0 Å². The zero-order chi connectivity index (χ0) is 23.7. The van der Waals surface area contributed by atoms with E-state index in [2.05, 4.69) is 16.7 Å². The van der Waals surface area contributed by atoms with Crippen LogP contribution in [0.3, 0.4) is 0 Å². The second-order valence-electron chi connectivity index (χ2n) is 8.35.